The molecule has 2 aromatic carbocycles. The van der Waals surface area contributed by atoms with Gasteiger partial charge in [-0.15, -0.1) is 0 Å². The van der Waals surface area contributed by atoms with Crippen LogP contribution in [0.3, 0.4) is 0 Å². The lowest BCUT2D eigenvalue weighted by molar-refractivity contribution is 0.112. The molecule has 0 aromatic heterocycles. The summed E-state index contributed by atoms with van der Waals surface area (Å²) < 4.78 is 5.04. The van der Waals surface area contributed by atoms with Crippen LogP contribution in [0.2, 0.25) is 5.02 Å². The first-order valence-corrected chi connectivity index (χ1v) is 5.65. The van der Waals surface area contributed by atoms with Gasteiger partial charge < -0.3 is 9.84 Å². The molecule has 0 bridgehead atoms. The Labute approximate surface area is 110 Å². The normalized spacial score (nSPS) is 10.1. The Hall–Kier alpha value is -2.00. The van der Waals surface area contributed by atoms with Gasteiger partial charge in [-0.2, -0.15) is 0 Å². The number of ether oxygens (including phenoxy) is 1. The van der Waals surface area contributed by atoms with Gasteiger partial charge in [0.05, 0.1) is 12.7 Å². The molecule has 0 heterocycles. The fourth-order valence-corrected chi connectivity index (χ4v) is 1.90. The third kappa shape index (κ3) is 2.31. The van der Waals surface area contributed by atoms with Crippen molar-refractivity contribution in [3.05, 3.63) is 47.0 Å². The smallest absolute Gasteiger partial charge is 0.168 e. The van der Waals surface area contributed by atoms with E-state index in [0.717, 1.165) is 11.1 Å². The Balaban J connectivity index is 2.61. The molecule has 4 heteroatoms. The second kappa shape index (κ2) is 5.10. The van der Waals surface area contributed by atoms with Crippen LogP contribution in [0.5, 0.6) is 11.5 Å². The Bertz CT molecular complexity index is 594. The van der Waals surface area contributed by atoms with Gasteiger partial charge in [0.25, 0.3) is 0 Å². The van der Waals surface area contributed by atoms with Crippen LogP contribution in [0.25, 0.3) is 11.1 Å². The predicted molar refractivity (Wildman–Crippen MR) is 70.5 cm³/mol. The fourth-order valence-electron chi connectivity index (χ4n) is 1.71. The maximum atomic E-state index is 10.9. The lowest BCUT2D eigenvalue weighted by Gasteiger charge is -2.09. The second-order valence-electron chi connectivity index (χ2n) is 3.74. The first-order chi connectivity index (χ1) is 8.65. The molecule has 0 aliphatic carbocycles. The number of aldehydes is 1. The Morgan fingerprint density at radius 3 is 2.61 bits per heavy atom. The zero-order valence-electron chi connectivity index (χ0n) is 9.68. The van der Waals surface area contributed by atoms with Gasteiger partial charge in [0.1, 0.15) is 0 Å². The Morgan fingerprint density at radius 2 is 2.00 bits per heavy atom. The minimum absolute atomic E-state index is 0.154. The van der Waals surface area contributed by atoms with E-state index in [1.807, 2.05) is 12.1 Å². The average Bonchev–Trinajstić information content (AvgIpc) is 2.39. The van der Waals surface area contributed by atoms with E-state index in [1.54, 1.807) is 24.3 Å². The molecular weight excluding hydrogens is 252 g/mol. The monoisotopic (exact) mass is 262 g/mol. The highest BCUT2D eigenvalue weighted by atomic mass is 35.5. The molecule has 1 N–H and O–H groups in total. The molecule has 2 rings (SSSR count). The number of hydrogen-bond acceptors (Lipinski definition) is 3. The molecule has 0 unspecified atom stereocenters. The molecule has 0 spiro atoms. The van der Waals surface area contributed by atoms with E-state index in [4.69, 9.17) is 16.3 Å². The van der Waals surface area contributed by atoms with Crippen LogP contribution in [0.1, 0.15) is 10.4 Å². The highest BCUT2D eigenvalue weighted by Gasteiger charge is 2.11. The lowest BCUT2D eigenvalue weighted by atomic mass is 10.0. The van der Waals surface area contributed by atoms with Crippen molar-refractivity contribution in [3.63, 3.8) is 0 Å². The summed E-state index contributed by atoms with van der Waals surface area (Å²) in [5, 5.41) is 10.3. The number of phenolic OH excluding ortho intramolecular Hbond substituents is 1. The SMILES string of the molecule is COc1cc(-c2cccc(Cl)c2)cc(C=O)c1O. The van der Waals surface area contributed by atoms with Crippen molar-refractivity contribution in [2.24, 2.45) is 0 Å². The summed E-state index contributed by atoms with van der Waals surface area (Å²) in [7, 11) is 1.44. The van der Waals surface area contributed by atoms with Gasteiger partial charge in [0.15, 0.2) is 17.8 Å². The topological polar surface area (TPSA) is 46.5 Å². The molecule has 0 fully saturated rings. The van der Waals surface area contributed by atoms with Crippen molar-refractivity contribution >= 4 is 17.9 Å². The number of rotatable bonds is 3. The molecule has 0 saturated heterocycles. The summed E-state index contributed by atoms with van der Waals surface area (Å²) in [4.78, 5) is 10.9. The van der Waals surface area contributed by atoms with E-state index in [2.05, 4.69) is 0 Å². The van der Waals surface area contributed by atoms with E-state index in [0.29, 0.717) is 11.3 Å². The van der Waals surface area contributed by atoms with Gasteiger partial charge in [-0.1, -0.05) is 23.7 Å². The van der Waals surface area contributed by atoms with Crippen molar-refractivity contribution in [2.45, 2.75) is 0 Å². The quantitative estimate of drug-likeness (QED) is 0.861. The van der Waals surface area contributed by atoms with Crippen molar-refractivity contribution in [1.29, 1.82) is 0 Å². The van der Waals surface area contributed by atoms with Crippen LogP contribution >= 0.6 is 11.6 Å². The summed E-state index contributed by atoms with van der Waals surface area (Å²) in [6.07, 6.45) is 0.589. The molecule has 0 atom stereocenters. The van der Waals surface area contributed by atoms with Gasteiger partial charge in [-0.05, 0) is 35.4 Å². The van der Waals surface area contributed by atoms with Gasteiger partial charge >= 0.3 is 0 Å². The van der Waals surface area contributed by atoms with Gasteiger partial charge in [0.2, 0.25) is 0 Å². The third-order valence-electron chi connectivity index (χ3n) is 2.61. The maximum absolute atomic E-state index is 10.9. The number of hydrogen-bond donors (Lipinski definition) is 1. The molecule has 3 nitrogen and oxygen atoms in total. The molecule has 0 amide bonds. The van der Waals surface area contributed by atoms with E-state index in [9.17, 15) is 9.90 Å². The van der Waals surface area contributed by atoms with E-state index < -0.39 is 0 Å². The van der Waals surface area contributed by atoms with Crippen LogP contribution in [0, 0.1) is 0 Å². The maximum Gasteiger partial charge on any atom is 0.168 e. The minimum Gasteiger partial charge on any atom is -0.504 e. The van der Waals surface area contributed by atoms with E-state index in [-0.39, 0.29) is 17.1 Å². The second-order valence-corrected chi connectivity index (χ2v) is 4.18. The third-order valence-corrected chi connectivity index (χ3v) is 2.84. The number of benzene rings is 2. The molecule has 18 heavy (non-hydrogen) atoms. The van der Waals surface area contributed by atoms with Crippen LogP contribution in [0.15, 0.2) is 36.4 Å². The highest BCUT2D eigenvalue weighted by Crippen LogP contribution is 2.35. The van der Waals surface area contributed by atoms with Crippen molar-refractivity contribution < 1.29 is 14.6 Å². The standard InChI is InChI=1S/C14H11ClO3/c1-18-13-7-10(5-11(8-16)14(13)17)9-3-2-4-12(15)6-9/h2-8,17H,1H3. The number of aromatic hydroxyl groups is 1. The zero-order valence-corrected chi connectivity index (χ0v) is 10.4. The number of phenols is 1. The first kappa shape index (κ1) is 12.5. The molecule has 0 aliphatic heterocycles. The summed E-state index contributed by atoms with van der Waals surface area (Å²) in [5.41, 5.74) is 1.79. The number of carbonyl (C=O) groups excluding carboxylic acids is 1. The van der Waals surface area contributed by atoms with Crippen LogP contribution in [0.4, 0.5) is 0 Å². The molecule has 0 aliphatic rings. The van der Waals surface area contributed by atoms with Gasteiger partial charge in [-0.3, -0.25) is 4.79 Å². The van der Waals surface area contributed by atoms with E-state index in [1.165, 1.54) is 7.11 Å². The van der Waals surface area contributed by atoms with Gasteiger partial charge in [0, 0.05) is 5.02 Å². The number of halogens is 1. The largest absolute Gasteiger partial charge is 0.504 e. The van der Waals surface area contributed by atoms with Gasteiger partial charge in [-0.25, -0.2) is 0 Å². The van der Waals surface area contributed by atoms with Crippen LogP contribution in [-0.4, -0.2) is 18.5 Å². The summed E-state index contributed by atoms with van der Waals surface area (Å²) in [6, 6.07) is 10.5. The summed E-state index contributed by atoms with van der Waals surface area (Å²) in [5.74, 6) is 0.104. The molecule has 0 saturated carbocycles. The number of carbonyl (C=O) groups is 1. The Kier molecular flexibility index (Phi) is 3.53. The van der Waals surface area contributed by atoms with Crippen LogP contribution < -0.4 is 4.74 Å². The molecular formula is C14H11ClO3. The summed E-state index contributed by atoms with van der Waals surface area (Å²) in [6.45, 7) is 0. The van der Waals surface area contributed by atoms with Crippen LogP contribution in [-0.2, 0) is 0 Å². The first-order valence-electron chi connectivity index (χ1n) is 5.28. The zero-order chi connectivity index (χ0) is 13.1. The molecule has 2 aromatic rings. The van der Waals surface area contributed by atoms with Crippen molar-refractivity contribution in [2.75, 3.05) is 7.11 Å². The highest BCUT2D eigenvalue weighted by molar-refractivity contribution is 6.30. The molecule has 92 valence electrons. The van der Waals surface area contributed by atoms with Crippen molar-refractivity contribution in [3.8, 4) is 22.6 Å². The minimum atomic E-state index is -0.154. The molecule has 0 radical (unpaired) electrons. The summed E-state index contributed by atoms with van der Waals surface area (Å²) >= 11 is 5.92. The van der Waals surface area contributed by atoms with E-state index >= 15 is 0 Å². The number of methoxy groups -OCH3 is 1. The average molecular weight is 263 g/mol. The predicted octanol–water partition coefficient (Wildman–Crippen LogP) is 3.53. The van der Waals surface area contributed by atoms with Crippen molar-refractivity contribution in [1.82, 2.24) is 0 Å². The fraction of sp³-hybridized carbons (Fsp3) is 0.0714. The lowest BCUT2D eigenvalue weighted by Crippen LogP contribution is -1.90. The Morgan fingerprint density at radius 1 is 1.22 bits per heavy atom.